The molecule has 1 heterocycles. The summed E-state index contributed by atoms with van der Waals surface area (Å²) in [6.07, 6.45) is 14.7. The molecule has 0 bridgehead atoms. The normalized spacial score (nSPS) is 18.1. The third-order valence-electron chi connectivity index (χ3n) is 7.05. The van der Waals surface area contributed by atoms with Crippen molar-refractivity contribution in [3.63, 3.8) is 0 Å². The summed E-state index contributed by atoms with van der Waals surface area (Å²) in [6, 6.07) is 12.3. The van der Waals surface area contributed by atoms with Crippen LogP contribution in [0.2, 0.25) is 0 Å². The van der Waals surface area contributed by atoms with Crippen LogP contribution in [0.1, 0.15) is 51.4 Å². The number of fused-ring (bicyclic) bond motifs is 1. The number of aromatic amines is 1. The van der Waals surface area contributed by atoms with E-state index in [1.807, 2.05) is 36.4 Å². The van der Waals surface area contributed by atoms with E-state index < -0.39 is 5.97 Å². The number of H-pyrrole nitrogens is 1. The van der Waals surface area contributed by atoms with E-state index in [0.717, 1.165) is 30.3 Å². The van der Waals surface area contributed by atoms with Crippen molar-refractivity contribution >= 4 is 45.7 Å². The minimum absolute atomic E-state index is 0.0111. The first-order valence-corrected chi connectivity index (χ1v) is 13.0. The van der Waals surface area contributed by atoms with Gasteiger partial charge in [0.15, 0.2) is 0 Å². The van der Waals surface area contributed by atoms with E-state index in [1.54, 1.807) is 24.3 Å². The molecule has 0 spiro atoms. The molecule has 1 amide bonds. The number of rotatable bonds is 9. The lowest BCUT2D eigenvalue weighted by molar-refractivity contribution is 0.0696. The van der Waals surface area contributed by atoms with E-state index in [-0.39, 0.29) is 23.4 Å². The number of nitrogens with one attached hydrogen (secondary N) is 2. The molecule has 3 aromatic rings. The lowest BCUT2D eigenvalue weighted by Crippen LogP contribution is -2.41. The van der Waals surface area contributed by atoms with Crippen molar-refractivity contribution in [2.75, 3.05) is 0 Å². The van der Waals surface area contributed by atoms with Crippen molar-refractivity contribution in [3.05, 3.63) is 114 Å². The highest BCUT2D eigenvalue weighted by molar-refractivity contribution is 6.25. The summed E-state index contributed by atoms with van der Waals surface area (Å²) < 4.78 is 0. The molecular formula is C31H28ClN3O3. The van der Waals surface area contributed by atoms with Gasteiger partial charge in [-0.1, -0.05) is 66.8 Å². The summed E-state index contributed by atoms with van der Waals surface area (Å²) in [5.41, 5.74) is 4.68. The van der Waals surface area contributed by atoms with Crippen LogP contribution in [0.5, 0.6) is 0 Å². The summed E-state index contributed by atoms with van der Waals surface area (Å²) >= 11 is 5.79. The minimum atomic E-state index is -1.15. The molecule has 6 nitrogen and oxygen atoms in total. The van der Waals surface area contributed by atoms with Gasteiger partial charge in [0.25, 0.3) is 5.91 Å². The van der Waals surface area contributed by atoms with Gasteiger partial charge in [0.2, 0.25) is 0 Å². The second-order valence-electron chi connectivity index (χ2n) is 9.59. The molecule has 1 saturated carbocycles. The van der Waals surface area contributed by atoms with Crippen LogP contribution in [0.25, 0.3) is 22.2 Å². The Hall–Kier alpha value is -4.16. The summed E-state index contributed by atoms with van der Waals surface area (Å²) in [7, 11) is 0. The number of aromatic nitrogens is 2. The van der Waals surface area contributed by atoms with Crippen molar-refractivity contribution in [1.82, 2.24) is 15.3 Å². The molecule has 0 radical (unpaired) electrons. The van der Waals surface area contributed by atoms with Crippen LogP contribution in [-0.4, -0.2) is 33.0 Å². The molecular weight excluding hydrogens is 498 g/mol. The molecule has 2 unspecified atom stereocenters. The molecule has 1 fully saturated rings. The van der Waals surface area contributed by atoms with Crippen LogP contribution in [-0.2, 0) is 0 Å². The first-order chi connectivity index (χ1) is 18.5. The van der Waals surface area contributed by atoms with Gasteiger partial charge in [0.1, 0.15) is 5.82 Å². The molecule has 192 valence electrons. The predicted molar refractivity (Wildman–Crippen MR) is 152 cm³/mol. The monoisotopic (exact) mass is 525 g/mol. The van der Waals surface area contributed by atoms with E-state index in [9.17, 15) is 14.7 Å². The zero-order valence-corrected chi connectivity index (χ0v) is 21.5. The average Bonchev–Trinajstić information content (AvgIpc) is 3.69. The first-order valence-electron chi connectivity index (χ1n) is 12.6. The number of carbonyl (C=O) groups is 2. The number of para-hydroxylation sites is 2. The Morgan fingerprint density at radius 2 is 1.97 bits per heavy atom. The van der Waals surface area contributed by atoms with Crippen LogP contribution < -0.4 is 5.32 Å². The van der Waals surface area contributed by atoms with Gasteiger partial charge in [-0.3, -0.25) is 4.79 Å². The number of halogens is 1. The Labute approximate surface area is 226 Å². The molecule has 2 atom stereocenters. The topological polar surface area (TPSA) is 95.1 Å². The number of amides is 1. The fourth-order valence-corrected chi connectivity index (χ4v) is 5.01. The predicted octanol–water partition coefficient (Wildman–Crippen LogP) is 6.75. The highest BCUT2D eigenvalue weighted by Crippen LogP contribution is 2.38. The van der Waals surface area contributed by atoms with Gasteiger partial charge in [-0.25, -0.2) is 9.78 Å². The molecule has 2 aliphatic carbocycles. The first kappa shape index (κ1) is 25.5. The minimum Gasteiger partial charge on any atom is -0.478 e. The van der Waals surface area contributed by atoms with Crippen molar-refractivity contribution < 1.29 is 14.7 Å². The van der Waals surface area contributed by atoms with Crippen molar-refractivity contribution in [1.29, 1.82) is 0 Å². The maximum Gasteiger partial charge on any atom is 0.336 e. The highest BCUT2D eigenvalue weighted by Gasteiger charge is 2.36. The van der Waals surface area contributed by atoms with Crippen LogP contribution in [0.4, 0.5) is 0 Å². The molecule has 3 N–H and O–H groups in total. The van der Waals surface area contributed by atoms with E-state index in [2.05, 4.69) is 34.0 Å². The van der Waals surface area contributed by atoms with Gasteiger partial charge in [-0.05, 0) is 66.7 Å². The lowest BCUT2D eigenvalue weighted by atomic mass is 9.89. The number of carboxylic acid groups (broad SMARTS) is 1. The van der Waals surface area contributed by atoms with Gasteiger partial charge < -0.3 is 15.4 Å². The third kappa shape index (κ3) is 5.41. The number of carboxylic acids is 1. The molecule has 2 aromatic carbocycles. The third-order valence-corrected chi connectivity index (χ3v) is 7.19. The maximum atomic E-state index is 13.3. The second kappa shape index (κ2) is 11.1. The van der Waals surface area contributed by atoms with E-state index >= 15 is 0 Å². The fraction of sp³-hybridized carbons (Fsp3) is 0.194. The Morgan fingerprint density at radius 3 is 2.66 bits per heavy atom. The fourth-order valence-electron chi connectivity index (χ4n) is 4.94. The molecule has 1 aromatic heterocycles. The number of benzene rings is 2. The molecule has 7 heteroatoms. The lowest BCUT2D eigenvalue weighted by Gasteiger charge is -2.26. The number of nitrogens with zero attached hydrogens (tertiary/aromatic N) is 1. The molecule has 5 rings (SSSR count). The summed E-state index contributed by atoms with van der Waals surface area (Å²) in [5.74, 6) is -0.203. The summed E-state index contributed by atoms with van der Waals surface area (Å²) in [5, 5.41) is 13.3. The number of hydrogen-bond donors (Lipinski definition) is 3. The zero-order valence-electron chi connectivity index (χ0n) is 20.7. The zero-order chi connectivity index (χ0) is 26.6. The van der Waals surface area contributed by atoms with E-state index in [0.29, 0.717) is 34.0 Å². The Morgan fingerprint density at radius 1 is 1.16 bits per heavy atom. The Bertz CT molecular complexity index is 1490. The van der Waals surface area contributed by atoms with E-state index in [4.69, 9.17) is 11.6 Å². The SMILES string of the molecule is C=C(/C(=C\C=C/Cl)c1nc2ccccc2[nH]1)c1ccc(C(=O)NC(C2C=CC=CC2)C2CC2)cc1C(=O)O. The second-order valence-corrected chi connectivity index (χ2v) is 9.85. The number of hydrogen-bond acceptors (Lipinski definition) is 3. The van der Waals surface area contributed by atoms with Gasteiger partial charge >= 0.3 is 5.97 Å². The van der Waals surface area contributed by atoms with Crippen molar-refractivity contribution in [2.24, 2.45) is 11.8 Å². The van der Waals surface area contributed by atoms with E-state index in [1.165, 1.54) is 11.6 Å². The van der Waals surface area contributed by atoms with Gasteiger partial charge in [-0.2, -0.15) is 0 Å². The largest absolute Gasteiger partial charge is 0.478 e. The van der Waals surface area contributed by atoms with Crippen molar-refractivity contribution in [2.45, 2.75) is 25.3 Å². The molecule has 2 aliphatic rings. The number of aromatic carboxylic acids is 1. The van der Waals surface area contributed by atoms with Crippen LogP contribution in [0.15, 0.2) is 91.0 Å². The number of imidazole rings is 1. The Kier molecular flexibility index (Phi) is 7.43. The smallest absolute Gasteiger partial charge is 0.336 e. The van der Waals surface area contributed by atoms with Crippen LogP contribution in [0, 0.1) is 11.8 Å². The molecule has 0 aliphatic heterocycles. The highest BCUT2D eigenvalue weighted by atomic mass is 35.5. The number of allylic oxidation sites excluding steroid dienone is 7. The quantitative estimate of drug-likeness (QED) is 0.269. The molecule has 38 heavy (non-hydrogen) atoms. The van der Waals surface area contributed by atoms with Crippen LogP contribution >= 0.6 is 11.6 Å². The summed E-state index contributed by atoms with van der Waals surface area (Å²) in [4.78, 5) is 33.5. The summed E-state index contributed by atoms with van der Waals surface area (Å²) in [6.45, 7) is 4.20. The maximum absolute atomic E-state index is 13.3. The van der Waals surface area contributed by atoms with Crippen molar-refractivity contribution in [3.8, 4) is 0 Å². The standard InChI is InChI=1S/C31H28ClN3O3/c1-19(24(10-7-17-32)29-33-26-11-5-6-12-27(26)34-29)23-16-15-22(18-25(23)31(37)38)30(36)35-28(21-13-14-21)20-8-3-2-4-9-20/h2-8,10-12,15-18,20-21,28H,1,9,13-14H2,(H,33,34)(H,35,36)(H,37,38)/b17-7-,24-10+. The average molecular weight is 526 g/mol. The Balaban J connectivity index is 1.45. The van der Waals surface area contributed by atoms with Crippen LogP contribution in [0.3, 0.4) is 0 Å². The van der Waals surface area contributed by atoms with Gasteiger partial charge in [0.05, 0.1) is 16.6 Å². The van der Waals surface area contributed by atoms with Gasteiger partial charge in [-0.15, -0.1) is 0 Å². The van der Waals surface area contributed by atoms with Gasteiger partial charge in [0, 0.05) is 28.6 Å². The molecule has 0 saturated heterocycles. The number of carbonyl (C=O) groups excluding carboxylic acids is 1.